The van der Waals surface area contributed by atoms with Gasteiger partial charge in [0.15, 0.2) is 0 Å². The van der Waals surface area contributed by atoms with Crippen LogP contribution >= 0.6 is 0 Å². The summed E-state index contributed by atoms with van der Waals surface area (Å²) in [6.45, 7) is 2.99. The van der Waals surface area contributed by atoms with Gasteiger partial charge in [0.05, 0.1) is 17.8 Å². The van der Waals surface area contributed by atoms with E-state index in [-0.39, 0.29) is 12.1 Å². The number of carbonyl (C=O) groups excluding carboxylic acids is 3. The van der Waals surface area contributed by atoms with Gasteiger partial charge in [-0.1, -0.05) is 0 Å². The van der Waals surface area contributed by atoms with Crippen LogP contribution in [0.1, 0.15) is 27.3 Å². The highest BCUT2D eigenvalue weighted by Crippen LogP contribution is 2.29. The molecule has 0 spiro atoms. The summed E-state index contributed by atoms with van der Waals surface area (Å²) in [6.07, 6.45) is -4.50. The molecule has 1 heterocycles. The van der Waals surface area contributed by atoms with E-state index < -0.39 is 36.0 Å². The zero-order chi connectivity index (χ0) is 20.9. The van der Waals surface area contributed by atoms with Gasteiger partial charge in [-0.2, -0.15) is 18.3 Å². The maximum Gasteiger partial charge on any atom is 0.416 e. The quantitative estimate of drug-likeness (QED) is 0.657. The van der Waals surface area contributed by atoms with E-state index in [0.29, 0.717) is 0 Å². The number of nitrogens with zero attached hydrogens (tertiary/aromatic N) is 2. The molecule has 0 unspecified atom stereocenters. The smallest absolute Gasteiger partial charge is 0.343 e. The zero-order valence-electron chi connectivity index (χ0n) is 15.1. The van der Waals surface area contributed by atoms with Gasteiger partial charge in [-0.15, -0.1) is 0 Å². The maximum absolute atomic E-state index is 12.5. The van der Waals surface area contributed by atoms with Crippen molar-refractivity contribution in [2.45, 2.75) is 26.6 Å². The average molecular weight is 397 g/mol. The van der Waals surface area contributed by atoms with Gasteiger partial charge < -0.3 is 5.32 Å². The Labute approximate surface area is 158 Å². The number of nitrogens with one attached hydrogen (secondary N) is 3. The number of halogens is 3. The van der Waals surface area contributed by atoms with Crippen LogP contribution in [0.25, 0.3) is 0 Å². The van der Waals surface area contributed by atoms with E-state index in [1.807, 2.05) is 0 Å². The Morgan fingerprint density at radius 2 is 1.64 bits per heavy atom. The number of benzene rings is 1. The van der Waals surface area contributed by atoms with Gasteiger partial charge in [0.1, 0.15) is 6.54 Å². The van der Waals surface area contributed by atoms with Crippen molar-refractivity contribution in [3.8, 4) is 0 Å². The predicted octanol–water partition coefficient (Wildman–Crippen LogP) is 1.10. The predicted molar refractivity (Wildman–Crippen MR) is 91.8 cm³/mol. The molecule has 0 saturated carbocycles. The van der Waals surface area contributed by atoms with Crippen LogP contribution in [0.2, 0.25) is 0 Å². The van der Waals surface area contributed by atoms with Crippen molar-refractivity contribution >= 4 is 17.7 Å². The third kappa shape index (κ3) is 5.83. The van der Waals surface area contributed by atoms with Crippen molar-refractivity contribution in [3.63, 3.8) is 0 Å². The summed E-state index contributed by atoms with van der Waals surface area (Å²) in [5, 5.41) is 6.35. The van der Waals surface area contributed by atoms with Gasteiger partial charge in [0, 0.05) is 11.3 Å². The SMILES string of the molecule is Cc1cc(C)n(CC(=O)NNC(=O)CNC(=O)c2ccc(C(F)(F)F)cc2)n1. The fraction of sp³-hybridized carbons (Fsp3) is 0.294. The van der Waals surface area contributed by atoms with Crippen LogP contribution in [0.15, 0.2) is 30.3 Å². The van der Waals surface area contributed by atoms with Crippen molar-refractivity contribution in [3.05, 3.63) is 52.8 Å². The van der Waals surface area contributed by atoms with Crippen LogP contribution in [-0.2, 0) is 22.3 Å². The van der Waals surface area contributed by atoms with E-state index in [1.165, 1.54) is 4.68 Å². The summed E-state index contributed by atoms with van der Waals surface area (Å²) >= 11 is 0. The highest BCUT2D eigenvalue weighted by atomic mass is 19.4. The molecule has 0 aliphatic carbocycles. The number of aromatic nitrogens is 2. The standard InChI is InChI=1S/C17H18F3N5O3/c1-10-7-11(2)25(24-10)9-15(27)23-22-14(26)8-21-16(28)12-3-5-13(6-4-12)17(18,19)20/h3-7H,8-9H2,1-2H3,(H,21,28)(H,22,26)(H,23,27). The van der Waals surface area contributed by atoms with Gasteiger partial charge in [-0.3, -0.25) is 29.9 Å². The van der Waals surface area contributed by atoms with E-state index in [1.54, 1.807) is 19.9 Å². The molecule has 11 heteroatoms. The molecule has 8 nitrogen and oxygen atoms in total. The molecule has 1 aromatic heterocycles. The molecule has 1 aromatic carbocycles. The van der Waals surface area contributed by atoms with Crippen molar-refractivity contribution in [2.75, 3.05) is 6.54 Å². The Morgan fingerprint density at radius 1 is 1.04 bits per heavy atom. The number of rotatable bonds is 5. The molecular formula is C17H18F3N5O3. The highest BCUT2D eigenvalue weighted by molar-refractivity contribution is 5.96. The Hall–Kier alpha value is -3.37. The molecule has 2 rings (SSSR count). The van der Waals surface area contributed by atoms with Crippen LogP contribution in [0.4, 0.5) is 13.2 Å². The fourth-order valence-electron chi connectivity index (χ4n) is 2.27. The highest BCUT2D eigenvalue weighted by Gasteiger charge is 2.30. The van der Waals surface area contributed by atoms with Crippen LogP contribution < -0.4 is 16.2 Å². The summed E-state index contributed by atoms with van der Waals surface area (Å²) in [5.41, 5.74) is 4.92. The summed E-state index contributed by atoms with van der Waals surface area (Å²) in [5.74, 6) is -1.95. The minimum Gasteiger partial charge on any atom is -0.343 e. The molecule has 3 N–H and O–H groups in total. The first kappa shape index (κ1) is 20.9. The minimum absolute atomic E-state index is 0.0330. The second-order valence-corrected chi connectivity index (χ2v) is 5.94. The number of hydrogen-bond donors (Lipinski definition) is 3. The largest absolute Gasteiger partial charge is 0.416 e. The summed E-state index contributed by atoms with van der Waals surface area (Å²) in [7, 11) is 0. The van der Waals surface area contributed by atoms with Gasteiger partial charge in [-0.25, -0.2) is 0 Å². The van der Waals surface area contributed by atoms with Gasteiger partial charge >= 0.3 is 6.18 Å². The second kappa shape index (κ2) is 8.55. The van der Waals surface area contributed by atoms with Crippen LogP contribution in [0.5, 0.6) is 0 Å². The maximum atomic E-state index is 12.5. The third-order valence-corrected chi connectivity index (χ3v) is 3.62. The molecule has 0 atom stereocenters. The van der Waals surface area contributed by atoms with Crippen molar-refractivity contribution in [1.82, 2.24) is 25.9 Å². The fourth-order valence-corrected chi connectivity index (χ4v) is 2.27. The topological polar surface area (TPSA) is 105 Å². The van der Waals surface area contributed by atoms with Gasteiger partial charge in [-0.05, 0) is 44.2 Å². The first-order valence-electron chi connectivity index (χ1n) is 8.10. The third-order valence-electron chi connectivity index (χ3n) is 3.62. The van der Waals surface area contributed by atoms with E-state index >= 15 is 0 Å². The molecule has 0 aliphatic heterocycles. The van der Waals surface area contributed by atoms with Gasteiger partial charge in [0.2, 0.25) is 0 Å². The minimum atomic E-state index is -4.50. The monoisotopic (exact) mass is 397 g/mol. The lowest BCUT2D eigenvalue weighted by atomic mass is 10.1. The van der Waals surface area contributed by atoms with Gasteiger partial charge in [0.25, 0.3) is 17.7 Å². The normalized spacial score (nSPS) is 11.0. The van der Waals surface area contributed by atoms with E-state index in [9.17, 15) is 27.6 Å². The number of amides is 3. The lowest BCUT2D eigenvalue weighted by molar-refractivity contribution is -0.137. The molecular weight excluding hydrogens is 379 g/mol. The Bertz CT molecular complexity index is 875. The number of aryl methyl sites for hydroxylation is 2. The number of carbonyl (C=O) groups is 3. The van der Waals surface area contributed by atoms with E-state index in [0.717, 1.165) is 35.7 Å². The molecule has 0 saturated heterocycles. The lowest BCUT2D eigenvalue weighted by Gasteiger charge is -2.10. The summed E-state index contributed by atoms with van der Waals surface area (Å²) < 4.78 is 38.9. The average Bonchev–Trinajstić information content (AvgIpc) is 2.94. The van der Waals surface area contributed by atoms with Crippen molar-refractivity contribution in [1.29, 1.82) is 0 Å². The van der Waals surface area contributed by atoms with E-state index in [4.69, 9.17) is 0 Å². The number of hydrogen-bond acceptors (Lipinski definition) is 4. The molecule has 2 aromatic rings. The number of alkyl halides is 3. The Balaban J connectivity index is 1.76. The Kier molecular flexibility index (Phi) is 6.39. The first-order chi connectivity index (χ1) is 13.1. The zero-order valence-corrected chi connectivity index (χ0v) is 15.1. The van der Waals surface area contributed by atoms with E-state index in [2.05, 4.69) is 21.3 Å². The summed E-state index contributed by atoms with van der Waals surface area (Å²) in [4.78, 5) is 35.3. The molecule has 0 fully saturated rings. The Morgan fingerprint density at radius 3 is 2.18 bits per heavy atom. The molecule has 3 amide bonds. The summed E-state index contributed by atoms with van der Waals surface area (Å²) in [6, 6.07) is 5.35. The molecule has 0 bridgehead atoms. The molecule has 28 heavy (non-hydrogen) atoms. The van der Waals surface area contributed by atoms with Crippen molar-refractivity contribution < 1.29 is 27.6 Å². The first-order valence-corrected chi connectivity index (χ1v) is 8.10. The van der Waals surface area contributed by atoms with Crippen LogP contribution in [-0.4, -0.2) is 34.0 Å². The van der Waals surface area contributed by atoms with Crippen LogP contribution in [0.3, 0.4) is 0 Å². The number of hydrazine groups is 1. The van der Waals surface area contributed by atoms with Crippen molar-refractivity contribution in [2.24, 2.45) is 0 Å². The van der Waals surface area contributed by atoms with Crippen LogP contribution in [0, 0.1) is 13.8 Å². The molecule has 0 aliphatic rings. The molecule has 150 valence electrons. The second-order valence-electron chi connectivity index (χ2n) is 5.94. The lowest BCUT2D eigenvalue weighted by Crippen LogP contribution is -2.47. The molecule has 0 radical (unpaired) electrons.